The summed E-state index contributed by atoms with van der Waals surface area (Å²) >= 11 is 0. The van der Waals surface area contributed by atoms with E-state index < -0.39 is 35.1 Å². The SMILES string of the molecule is O=C(Nc1cccc(OCCC(F)(F)F)n1)c1ccc(S(=O)(=O)NCCO)cc1. The molecular weight excluding hydrogens is 415 g/mol. The van der Waals surface area contributed by atoms with Gasteiger partial charge in [-0.05, 0) is 30.3 Å². The smallest absolute Gasteiger partial charge is 0.392 e. The number of ether oxygens (including phenoxy) is 1. The highest BCUT2D eigenvalue weighted by molar-refractivity contribution is 7.89. The van der Waals surface area contributed by atoms with Crippen LogP contribution in [0.4, 0.5) is 19.0 Å². The summed E-state index contributed by atoms with van der Waals surface area (Å²) in [6.45, 7) is -1.10. The van der Waals surface area contributed by atoms with Crippen molar-refractivity contribution >= 4 is 21.7 Å². The van der Waals surface area contributed by atoms with Gasteiger partial charge in [-0.25, -0.2) is 13.1 Å². The van der Waals surface area contributed by atoms with Gasteiger partial charge in [-0.15, -0.1) is 0 Å². The first-order valence-corrected chi connectivity index (χ1v) is 9.77. The van der Waals surface area contributed by atoms with Gasteiger partial charge in [0.05, 0.1) is 24.5 Å². The van der Waals surface area contributed by atoms with Crippen molar-refractivity contribution in [2.45, 2.75) is 17.5 Å². The van der Waals surface area contributed by atoms with Gasteiger partial charge in [0.1, 0.15) is 5.82 Å². The minimum Gasteiger partial charge on any atom is -0.477 e. The number of halogens is 3. The first-order valence-electron chi connectivity index (χ1n) is 8.29. The van der Waals surface area contributed by atoms with Crippen molar-refractivity contribution in [3.05, 3.63) is 48.0 Å². The molecule has 0 fully saturated rings. The summed E-state index contributed by atoms with van der Waals surface area (Å²) in [5.41, 5.74) is 0.135. The fourth-order valence-corrected chi connectivity index (χ4v) is 3.09. The number of nitrogens with zero attached hydrogens (tertiary/aromatic N) is 1. The molecule has 2 aromatic rings. The number of aliphatic hydroxyl groups is 1. The van der Waals surface area contributed by atoms with Gasteiger partial charge in [-0.1, -0.05) is 6.07 Å². The highest BCUT2D eigenvalue weighted by Gasteiger charge is 2.27. The predicted molar refractivity (Wildman–Crippen MR) is 97.1 cm³/mol. The minimum absolute atomic E-state index is 0.0563. The second-order valence-electron chi connectivity index (χ2n) is 5.67. The predicted octanol–water partition coefficient (Wildman–Crippen LogP) is 1.94. The highest BCUT2D eigenvalue weighted by atomic mass is 32.2. The van der Waals surface area contributed by atoms with Gasteiger partial charge in [0.25, 0.3) is 5.91 Å². The van der Waals surface area contributed by atoms with E-state index in [0.717, 1.165) is 0 Å². The molecule has 0 spiro atoms. The number of aromatic nitrogens is 1. The molecule has 1 aromatic carbocycles. The van der Waals surface area contributed by atoms with E-state index in [1.54, 1.807) is 0 Å². The number of rotatable bonds is 9. The van der Waals surface area contributed by atoms with E-state index >= 15 is 0 Å². The number of hydrogen-bond acceptors (Lipinski definition) is 6. The van der Waals surface area contributed by atoms with Gasteiger partial charge in [-0.2, -0.15) is 18.2 Å². The average molecular weight is 433 g/mol. The van der Waals surface area contributed by atoms with Crippen molar-refractivity contribution < 1.29 is 36.2 Å². The van der Waals surface area contributed by atoms with Gasteiger partial charge in [0.2, 0.25) is 15.9 Å². The van der Waals surface area contributed by atoms with Crippen LogP contribution in [0.2, 0.25) is 0 Å². The fraction of sp³-hybridized carbons (Fsp3) is 0.294. The molecule has 0 saturated heterocycles. The van der Waals surface area contributed by atoms with Crippen LogP contribution in [0.1, 0.15) is 16.8 Å². The van der Waals surface area contributed by atoms with Gasteiger partial charge in [-0.3, -0.25) is 4.79 Å². The van der Waals surface area contributed by atoms with Crippen LogP contribution in [-0.4, -0.2) is 50.4 Å². The van der Waals surface area contributed by atoms with E-state index in [0.29, 0.717) is 0 Å². The van der Waals surface area contributed by atoms with Crippen molar-refractivity contribution in [2.75, 3.05) is 25.1 Å². The summed E-state index contributed by atoms with van der Waals surface area (Å²) in [6.07, 6.45) is -5.48. The first kappa shape index (κ1) is 22.6. The third-order valence-electron chi connectivity index (χ3n) is 3.43. The fourth-order valence-electron chi connectivity index (χ4n) is 2.07. The molecule has 1 aromatic heterocycles. The Kier molecular flexibility index (Phi) is 7.53. The molecule has 1 heterocycles. The van der Waals surface area contributed by atoms with Crippen LogP contribution < -0.4 is 14.8 Å². The molecule has 29 heavy (non-hydrogen) atoms. The summed E-state index contributed by atoms with van der Waals surface area (Å²) in [5.74, 6) is -0.624. The molecule has 0 saturated carbocycles. The monoisotopic (exact) mass is 433 g/mol. The number of hydrogen-bond donors (Lipinski definition) is 3. The first-order chi connectivity index (χ1) is 13.6. The standard InChI is InChI=1S/C17H18F3N3O5S/c18-17(19,20)8-11-28-15-3-1-2-14(22-15)23-16(25)12-4-6-13(7-5-12)29(26,27)21-9-10-24/h1-7,21,24H,8-11H2,(H,22,23,25). The van der Waals surface area contributed by atoms with E-state index in [1.165, 1.54) is 42.5 Å². The summed E-state index contributed by atoms with van der Waals surface area (Å²) in [5, 5.41) is 11.1. The Hall–Kier alpha value is -2.70. The lowest BCUT2D eigenvalue weighted by Gasteiger charge is -2.10. The van der Waals surface area contributed by atoms with Gasteiger partial charge >= 0.3 is 6.18 Å². The van der Waals surface area contributed by atoms with Crippen LogP contribution in [0.3, 0.4) is 0 Å². The van der Waals surface area contributed by atoms with E-state index in [2.05, 4.69) is 15.0 Å². The lowest BCUT2D eigenvalue weighted by molar-refractivity contribution is -0.139. The van der Waals surface area contributed by atoms with Crippen LogP contribution in [0.15, 0.2) is 47.4 Å². The minimum atomic E-state index is -4.35. The molecule has 158 valence electrons. The van der Waals surface area contributed by atoms with Gasteiger partial charge in [0, 0.05) is 18.2 Å². The number of pyridine rings is 1. The molecule has 0 unspecified atom stereocenters. The molecule has 8 nitrogen and oxygen atoms in total. The van der Waals surface area contributed by atoms with Crippen molar-refractivity contribution in [3.63, 3.8) is 0 Å². The molecule has 0 aliphatic heterocycles. The lowest BCUT2D eigenvalue weighted by atomic mass is 10.2. The molecular formula is C17H18F3N3O5S. The van der Waals surface area contributed by atoms with Gasteiger partial charge in [0.15, 0.2) is 0 Å². The molecule has 1 amide bonds. The van der Waals surface area contributed by atoms with Crippen LogP contribution in [0.25, 0.3) is 0 Å². The van der Waals surface area contributed by atoms with Crippen molar-refractivity contribution in [3.8, 4) is 5.88 Å². The summed E-state index contributed by atoms with van der Waals surface area (Å²) in [7, 11) is -3.80. The molecule has 3 N–H and O–H groups in total. The van der Waals surface area contributed by atoms with Crippen LogP contribution >= 0.6 is 0 Å². The van der Waals surface area contributed by atoms with Crippen molar-refractivity contribution in [1.29, 1.82) is 0 Å². The number of nitrogens with one attached hydrogen (secondary N) is 2. The zero-order chi connectivity index (χ0) is 21.5. The number of carbonyl (C=O) groups excluding carboxylic acids is 1. The van der Waals surface area contributed by atoms with Crippen molar-refractivity contribution in [2.24, 2.45) is 0 Å². The Morgan fingerprint density at radius 1 is 1.14 bits per heavy atom. The maximum Gasteiger partial charge on any atom is 0.392 e. The number of sulfonamides is 1. The Labute approximate surface area is 164 Å². The van der Waals surface area contributed by atoms with Crippen LogP contribution in [0, 0.1) is 0 Å². The zero-order valence-corrected chi connectivity index (χ0v) is 15.8. The van der Waals surface area contributed by atoms with E-state index in [9.17, 15) is 26.4 Å². The zero-order valence-electron chi connectivity index (χ0n) is 14.9. The number of benzene rings is 1. The quantitative estimate of drug-likeness (QED) is 0.556. The lowest BCUT2D eigenvalue weighted by Crippen LogP contribution is -2.26. The molecule has 12 heteroatoms. The summed E-state index contributed by atoms with van der Waals surface area (Å²) in [6, 6.07) is 9.24. The van der Waals surface area contributed by atoms with E-state index in [1.807, 2.05) is 0 Å². The number of amides is 1. The Morgan fingerprint density at radius 3 is 2.45 bits per heavy atom. The average Bonchev–Trinajstić information content (AvgIpc) is 2.66. The molecule has 0 atom stereocenters. The largest absolute Gasteiger partial charge is 0.477 e. The third kappa shape index (κ3) is 7.33. The highest BCUT2D eigenvalue weighted by Crippen LogP contribution is 2.20. The molecule has 0 aliphatic carbocycles. The van der Waals surface area contributed by atoms with Crippen molar-refractivity contribution in [1.82, 2.24) is 9.71 Å². The molecule has 0 aliphatic rings. The Balaban J connectivity index is 2.00. The van der Waals surface area contributed by atoms with E-state index in [-0.39, 0.29) is 35.3 Å². The maximum atomic E-state index is 12.3. The number of alkyl halides is 3. The second-order valence-corrected chi connectivity index (χ2v) is 7.44. The number of anilines is 1. The topological polar surface area (TPSA) is 118 Å². The Morgan fingerprint density at radius 2 is 1.83 bits per heavy atom. The van der Waals surface area contributed by atoms with Crippen LogP contribution in [0.5, 0.6) is 5.88 Å². The maximum absolute atomic E-state index is 12.3. The van der Waals surface area contributed by atoms with E-state index in [4.69, 9.17) is 9.84 Å². The molecule has 0 radical (unpaired) electrons. The van der Waals surface area contributed by atoms with Crippen LogP contribution in [-0.2, 0) is 10.0 Å². The Bertz CT molecular complexity index is 934. The third-order valence-corrected chi connectivity index (χ3v) is 4.91. The molecule has 0 bridgehead atoms. The number of carbonyl (C=O) groups is 1. The number of aliphatic hydroxyl groups excluding tert-OH is 1. The summed E-state index contributed by atoms with van der Waals surface area (Å²) < 4.78 is 67.4. The molecule has 2 rings (SSSR count). The normalized spacial score (nSPS) is 11.9. The summed E-state index contributed by atoms with van der Waals surface area (Å²) in [4.78, 5) is 16.1. The van der Waals surface area contributed by atoms with Gasteiger partial charge < -0.3 is 15.2 Å². The second kappa shape index (κ2) is 9.67.